The Balaban J connectivity index is 1.95. The number of nitrogens with one attached hydrogen (secondary N) is 2. The number of para-hydroxylation sites is 1. The van der Waals surface area contributed by atoms with Crippen molar-refractivity contribution in [3.8, 4) is 6.07 Å². The minimum atomic E-state index is 0.407. The number of hydrogen-bond donors (Lipinski definition) is 2. The van der Waals surface area contributed by atoms with Crippen molar-refractivity contribution in [2.24, 2.45) is 5.92 Å². The average Bonchev–Trinajstić information content (AvgIpc) is 3.13. The zero-order valence-corrected chi connectivity index (χ0v) is 10.6. The monoisotopic (exact) mass is 245 g/mol. The third kappa shape index (κ3) is 3.18. The zero-order valence-electron chi connectivity index (χ0n) is 9.73. The number of thiocarbonyl (C=S) groups is 1. The Morgan fingerprint density at radius 2 is 2.18 bits per heavy atom. The highest BCUT2D eigenvalue weighted by molar-refractivity contribution is 7.80. The summed E-state index contributed by atoms with van der Waals surface area (Å²) >= 11 is 5.24. The van der Waals surface area contributed by atoms with Gasteiger partial charge in [-0.1, -0.05) is 12.1 Å². The van der Waals surface area contributed by atoms with Crippen LogP contribution in [0.5, 0.6) is 0 Å². The summed E-state index contributed by atoms with van der Waals surface area (Å²) in [7, 11) is 0. The molecule has 0 spiro atoms. The van der Waals surface area contributed by atoms with Crippen molar-refractivity contribution >= 4 is 23.0 Å². The minimum absolute atomic E-state index is 0.407. The first-order valence-electron chi connectivity index (χ1n) is 5.77. The predicted molar refractivity (Wildman–Crippen MR) is 72.7 cm³/mol. The molecular formula is C13H15N3S. The molecule has 0 aromatic heterocycles. The molecule has 0 radical (unpaired) electrons. The predicted octanol–water partition coefficient (Wildman–Crippen LogP) is 2.64. The van der Waals surface area contributed by atoms with E-state index < -0.39 is 0 Å². The van der Waals surface area contributed by atoms with Crippen LogP contribution >= 0.6 is 12.2 Å². The Bertz CT molecular complexity index is 460. The number of rotatable bonds is 3. The largest absolute Gasteiger partial charge is 0.360 e. The van der Waals surface area contributed by atoms with Gasteiger partial charge in [0.25, 0.3) is 0 Å². The molecule has 1 fully saturated rings. The SMILES string of the molecule is C[C@H](NC(=S)Nc1ccccc1C#N)C1CC1. The van der Waals surface area contributed by atoms with Crippen LogP contribution < -0.4 is 10.6 Å². The van der Waals surface area contributed by atoms with E-state index in [1.165, 1.54) is 12.8 Å². The van der Waals surface area contributed by atoms with Crippen molar-refractivity contribution in [3.05, 3.63) is 29.8 Å². The van der Waals surface area contributed by atoms with Crippen LogP contribution in [0.2, 0.25) is 0 Å². The molecule has 1 atom stereocenters. The van der Waals surface area contributed by atoms with E-state index in [0.29, 0.717) is 16.7 Å². The summed E-state index contributed by atoms with van der Waals surface area (Å²) in [6.07, 6.45) is 2.57. The number of anilines is 1. The molecule has 88 valence electrons. The summed E-state index contributed by atoms with van der Waals surface area (Å²) in [6, 6.07) is 9.90. The van der Waals surface area contributed by atoms with Gasteiger partial charge in [0.1, 0.15) is 6.07 Å². The Labute approximate surface area is 107 Å². The molecule has 2 N–H and O–H groups in total. The van der Waals surface area contributed by atoms with Crippen molar-refractivity contribution in [2.45, 2.75) is 25.8 Å². The molecule has 1 aromatic carbocycles. The van der Waals surface area contributed by atoms with E-state index in [4.69, 9.17) is 17.5 Å². The Hall–Kier alpha value is -1.60. The number of benzene rings is 1. The van der Waals surface area contributed by atoms with Gasteiger partial charge < -0.3 is 10.6 Å². The highest BCUT2D eigenvalue weighted by Crippen LogP contribution is 2.32. The Morgan fingerprint density at radius 1 is 1.47 bits per heavy atom. The number of nitrogens with zero attached hydrogens (tertiary/aromatic N) is 1. The maximum absolute atomic E-state index is 8.96. The first kappa shape index (κ1) is 11.9. The lowest BCUT2D eigenvalue weighted by Crippen LogP contribution is -2.37. The number of nitriles is 1. The minimum Gasteiger partial charge on any atom is -0.360 e. The quantitative estimate of drug-likeness (QED) is 0.804. The second kappa shape index (κ2) is 5.15. The summed E-state index contributed by atoms with van der Waals surface area (Å²) in [5.41, 5.74) is 1.37. The summed E-state index contributed by atoms with van der Waals surface area (Å²) in [6.45, 7) is 2.14. The lowest BCUT2D eigenvalue weighted by molar-refractivity contribution is 0.590. The molecule has 0 unspecified atom stereocenters. The molecule has 0 aliphatic heterocycles. The fraction of sp³-hybridized carbons (Fsp3) is 0.385. The fourth-order valence-corrected chi connectivity index (χ4v) is 2.06. The van der Waals surface area contributed by atoms with Gasteiger partial charge in [-0.15, -0.1) is 0 Å². The van der Waals surface area contributed by atoms with Crippen LogP contribution in [-0.4, -0.2) is 11.2 Å². The summed E-state index contributed by atoms with van der Waals surface area (Å²) < 4.78 is 0. The van der Waals surface area contributed by atoms with Crippen molar-refractivity contribution < 1.29 is 0 Å². The smallest absolute Gasteiger partial charge is 0.171 e. The third-order valence-electron chi connectivity index (χ3n) is 2.98. The van der Waals surface area contributed by atoms with Gasteiger partial charge in [-0.05, 0) is 50.0 Å². The molecule has 0 bridgehead atoms. The lowest BCUT2D eigenvalue weighted by atomic mass is 10.2. The van der Waals surface area contributed by atoms with E-state index >= 15 is 0 Å². The van der Waals surface area contributed by atoms with Gasteiger partial charge in [0.15, 0.2) is 5.11 Å². The van der Waals surface area contributed by atoms with Crippen LogP contribution in [0.25, 0.3) is 0 Å². The van der Waals surface area contributed by atoms with Gasteiger partial charge in [0.05, 0.1) is 11.3 Å². The Kier molecular flexibility index (Phi) is 3.60. The molecular weight excluding hydrogens is 230 g/mol. The van der Waals surface area contributed by atoms with Gasteiger partial charge in [-0.25, -0.2) is 0 Å². The molecule has 1 aliphatic carbocycles. The van der Waals surface area contributed by atoms with Crippen molar-refractivity contribution in [2.75, 3.05) is 5.32 Å². The first-order chi connectivity index (χ1) is 8.20. The van der Waals surface area contributed by atoms with Crippen molar-refractivity contribution in [1.29, 1.82) is 5.26 Å². The average molecular weight is 245 g/mol. The zero-order chi connectivity index (χ0) is 12.3. The molecule has 2 rings (SSSR count). The standard InChI is InChI=1S/C13H15N3S/c1-9(10-6-7-10)15-13(17)16-12-5-3-2-4-11(12)8-14/h2-5,9-10H,6-7H2,1H3,(H2,15,16,17)/t9-/m0/s1. The van der Waals surface area contributed by atoms with Crippen molar-refractivity contribution in [1.82, 2.24) is 5.32 Å². The van der Waals surface area contributed by atoms with E-state index in [-0.39, 0.29) is 0 Å². The molecule has 0 amide bonds. The second-order valence-electron chi connectivity index (χ2n) is 4.38. The van der Waals surface area contributed by atoms with Crippen LogP contribution in [0.4, 0.5) is 5.69 Å². The van der Waals surface area contributed by atoms with Gasteiger partial charge in [0, 0.05) is 6.04 Å². The highest BCUT2D eigenvalue weighted by Gasteiger charge is 2.28. The van der Waals surface area contributed by atoms with Gasteiger partial charge >= 0.3 is 0 Å². The fourth-order valence-electron chi connectivity index (χ4n) is 1.77. The first-order valence-corrected chi connectivity index (χ1v) is 6.18. The van der Waals surface area contributed by atoms with Crippen LogP contribution in [0.15, 0.2) is 24.3 Å². The van der Waals surface area contributed by atoms with Crippen LogP contribution in [-0.2, 0) is 0 Å². The number of hydrogen-bond acceptors (Lipinski definition) is 2. The van der Waals surface area contributed by atoms with Crippen LogP contribution in [0, 0.1) is 17.2 Å². The Morgan fingerprint density at radius 3 is 2.82 bits per heavy atom. The summed E-state index contributed by atoms with van der Waals surface area (Å²) in [5, 5.41) is 15.9. The maximum atomic E-state index is 8.96. The second-order valence-corrected chi connectivity index (χ2v) is 4.79. The van der Waals surface area contributed by atoms with E-state index in [1.807, 2.05) is 18.2 Å². The van der Waals surface area contributed by atoms with Crippen molar-refractivity contribution in [3.63, 3.8) is 0 Å². The van der Waals surface area contributed by atoms with Crippen LogP contribution in [0.1, 0.15) is 25.3 Å². The normalized spacial score (nSPS) is 15.8. The molecule has 1 aromatic rings. The van der Waals surface area contributed by atoms with Gasteiger partial charge in [0.2, 0.25) is 0 Å². The summed E-state index contributed by atoms with van der Waals surface area (Å²) in [5.74, 6) is 0.751. The highest BCUT2D eigenvalue weighted by atomic mass is 32.1. The van der Waals surface area contributed by atoms with E-state index in [2.05, 4.69) is 23.6 Å². The molecule has 17 heavy (non-hydrogen) atoms. The molecule has 0 saturated heterocycles. The van der Waals surface area contributed by atoms with E-state index in [0.717, 1.165) is 11.6 Å². The molecule has 1 saturated carbocycles. The van der Waals surface area contributed by atoms with E-state index in [1.54, 1.807) is 6.07 Å². The van der Waals surface area contributed by atoms with Gasteiger partial charge in [-0.3, -0.25) is 0 Å². The lowest BCUT2D eigenvalue weighted by Gasteiger charge is -2.16. The van der Waals surface area contributed by atoms with Crippen LogP contribution in [0.3, 0.4) is 0 Å². The molecule has 4 heteroatoms. The third-order valence-corrected chi connectivity index (χ3v) is 3.20. The molecule has 1 aliphatic rings. The molecule has 3 nitrogen and oxygen atoms in total. The molecule has 0 heterocycles. The topological polar surface area (TPSA) is 47.8 Å². The summed E-state index contributed by atoms with van der Waals surface area (Å²) in [4.78, 5) is 0. The van der Waals surface area contributed by atoms with E-state index in [9.17, 15) is 0 Å². The maximum Gasteiger partial charge on any atom is 0.171 e. The van der Waals surface area contributed by atoms with Gasteiger partial charge in [-0.2, -0.15) is 5.26 Å².